The van der Waals surface area contributed by atoms with E-state index in [0.29, 0.717) is 18.3 Å². The van der Waals surface area contributed by atoms with Crippen molar-refractivity contribution in [2.24, 2.45) is 5.14 Å². The van der Waals surface area contributed by atoms with Crippen LogP contribution in [0.15, 0.2) is 17.2 Å². The number of nitrogens with zero attached hydrogens (tertiary/aromatic N) is 2. The predicted molar refractivity (Wildman–Crippen MR) is 80.4 cm³/mol. The molecule has 2 N–H and O–H groups in total. The maximum atomic E-state index is 12.7. The normalized spacial score (nSPS) is 15.2. The van der Waals surface area contributed by atoms with Gasteiger partial charge >= 0.3 is 0 Å². The Bertz CT molecular complexity index is 617. The molecule has 0 radical (unpaired) electrons. The van der Waals surface area contributed by atoms with E-state index >= 15 is 0 Å². The molecule has 1 aliphatic rings. The van der Waals surface area contributed by atoms with Crippen LogP contribution in [0.2, 0.25) is 0 Å². The number of aromatic nitrogens is 1. The molecule has 6 nitrogen and oxygen atoms in total. The molecular formula is C14H23N3O3S. The molecule has 0 unspecified atom stereocenters. The highest BCUT2D eigenvalue weighted by molar-refractivity contribution is 7.89. The summed E-state index contributed by atoms with van der Waals surface area (Å²) in [4.78, 5) is 14.6. The van der Waals surface area contributed by atoms with E-state index in [-0.39, 0.29) is 10.8 Å². The zero-order valence-corrected chi connectivity index (χ0v) is 13.4. The number of amides is 1. The molecule has 0 spiro atoms. The molecule has 1 amide bonds. The van der Waals surface area contributed by atoms with Crippen molar-refractivity contribution in [2.45, 2.75) is 57.0 Å². The standard InChI is InChI=1S/C14H23N3O3S/c1-3-5-8-17(11-6-7-11)14(18)13-9-12(21(15,19)20)10-16(13)4-2/h9-11H,3-8H2,1-2H3,(H2,15,19,20). The molecular weight excluding hydrogens is 290 g/mol. The number of hydrogen-bond donors (Lipinski definition) is 1. The third-order valence-corrected chi connectivity index (χ3v) is 4.64. The minimum atomic E-state index is -3.79. The van der Waals surface area contributed by atoms with Crippen molar-refractivity contribution in [3.63, 3.8) is 0 Å². The molecule has 1 aromatic heterocycles. The lowest BCUT2D eigenvalue weighted by Gasteiger charge is -2.22. The van der Waals surface area contributed by atoms with Crippen molar-refractivity contribution >= 4 is 15.9 Å². The van der Waals surface area contributed by atoms with E-state index < -0.39 is 10.0 Å². The molecule has 1 aliphatic carbocycles. The van der Waals surface area contributed by atoms with E-state index in [0.717, 1.165) is 32.2 Å². The van der Waals surface area contributed by atoms with E-state index in [2.05, 4.69) is 6.92 Å². The maximum absolute atomic E-state index is 12.7. The molecule has 0 saturated heterocycles. The second-order valence-corrected chi connectivity index (χ2v) is 7.04. The topological polar surface area (TPSA) is 85.4 Å². The molecule has 0 aliphatic heterocycles. The third-order valence-electron chi connectivity index (χ3n) is 3.76. The summed E-state index contributed by atoms with van der Waals surface area (Å²) in [7, 11) is -3.79. The summed E-state index contributed by atoms with van der Waals surface area (Å²) in [6.45, 7) is 5.21. The van der Waals surface area contributed by atoms with Crippen molar-refractivity contribution < 1.29 is 13.2 Å². The van der Waals surface area contributed by atoms with Gasteiger partial charge in [-0.15, -0.1) is 0 Å². The highest BCUT2D eigenvalue weighted by Crippen LogP contribution is 2.29. The van der Waals surface area contributed by atoms with Crippen LogP contribution in [0, 0.1) is 0 Å². The van der Waals surface area contributed by atoms with Gasteiger partial charge in [-0.3, -0.25) is 4.79 Å². The lowest BCUT2D eigenvalue weighted by Crippen LogP contribution is -2.35. The summed E-state index contributed by atoms with van der Waals surface area (Å²) in [6.07, 6.45) is 5.48. The Balaban J connectivity index is 2.30. The zero-order valence-electron chi connectivity index (χ0n) is 12.6. The van der Waals surface area contributed by atoms with Crippen LogP contribution in [0.1, 0.15) is 50.0 Å². The van der Waals surface area contributed by atoms with Gasteiger partial charge in [-0.25, -0.2) is 13.6 Å². The van der Waals surface area contributed by atoms with Gasteiger partial charge in [0.25, 0.3) is 5.91 Å². The fourth-order valence-corrected chi connectivity index (χ4v) is 2.94. The summed E-state index contributed by atoms with van der Waals surface area (Å²) in [5, 5.41) is 5.16. The molecule has 118 valence electrons. The molecule has 1 saturated carbocycles. The first-order valence-corrected chi connectivity index (χ1v) is 8.97. The first-order chi connectivity index (χ1) is 9.88. The Morgan fingerprint density at radius 1 is 1.43 bits per heavy atom. The van der Waals surface area contributed by atoms with Crippen LogP contribution >= 0.6 is 0 Å². The molecule has 0 aromatic carbocycles. The average Bonchev–Trinajstić information content (AvgIpc) is 3.15. The maximum Gasteiger partial charge on any atom is 0.270 e. The van der Waals surface area contributed by atoms with Crippen LogP contribution in [0.5, 0.6) is 0 Å². The number of rotatable bonds is 7. The molecule has 21 heavy (non-hydrogen) atoms. The largest absolute Gasteiger partial charge is 0.342 e. The fraction of sp³-hybridized carbons (Fsp3) is 0.643. The summed E-state index contributed by atoms with van der Waals surface area (Å²) >= 11 is 0. The Hall–Kier alpha value is -1.34. The van der Waals surface area contributed by atoms with Crippen molar-refractivity contribution in [3.05, 3.63) is 18.0 Å². The lowest BCUT2D eigenvalue weighted by atomic mass is 10.2. The van der Waals surface area contributed by atoms with Gasteiger partial charge in [0.1, 0.15) is 10.6 Å². The number of unbranched alkanes of at least 4 members (excludes halogenated alkanes) is 1. The minimum absolute atomic E-state index is 0.000983. The molecule has 1 fully saturated rings. The van der Waals surface area contributed by atoms with Gasteiger partial charge in [-0.1, -0.05) is 13.3 Å². The smallest absolute Gasteiger partial charge is 0.270 e. The van der Waals surface area contributed by atoms with Gasteiger partial charge in [0.15, 0.2) is 0 Å². The number of aryl methyl sites for hydroxylation is 1. The van der Waals surface area contributed by atoms with Gasteiger partial charge in [-0.05, 0) is 32.3 Å². The number of sulfonamides is 1. The highest BCUT2D eigenvalue weighted by atomic mass is 32.2. The number of carbonyl (C=O) groups excluding carboxylic acids is 1. The monoisotopic (exact) mass is 313 g/mol. The van der Waals surface area contributed by atoms with Gasteiger partial charge in [0.05, 0.1) is 0 Å². The first-order valence-electron chi connectivity index (χ1n) is 7.42. The van der Waals surface area contributed by atoms with Crippen LogP contribution in [-0.2, 0) is 16.6 Å². The van der Waals surface area contributed by atoms with Gasteiger partial charge in [-0.2, -0.15) is 0 Å². The summed E-state index contributed by atoms with van der Waals surface area (Å²) in [6, 6.07) is 1.70. The number of nitrogens with two attached hydrogens (primary N) is 1. The Morgan fingerprint density at radius 2 is 2.10 bits per heavy atom. The van der Waals surface area contributed by atoms with Crippen molar-refractivity contribution in [1.82, 2.24) is 9.47 Å². The van der Waals surface area contributed by atoms with Crippen LogP contribution in [0.3, 0.4) is 0 Å². The van der Waals surface area contributed by atoms with Crippen molar-refractivity contribution in [1.29, 1.82) is 0 Å². The Morgan fingerprint density at radius 3 is 2.57 bits per heavy atom. The molecule has 1 heterocycles. The minimum Gasteiger partial charge on any atom is -0.342 e. The van der Waals surface area contributed by atoms with E-state index in [1.54, 1.807) is 4.57 Å². The van der Waals surface area contributed by atoms with Crippen molar-refractivity contribution in [3.8, 4) is 0 Å². The Kier molecular flexibility index (Phi) is 4.73. The fourth-order valence-electron chi connectivity index (χ4n) is 2.39. The predicted octanol–water partition coefficient (Wildman–Crippen LogP) is 1.56. The average molecular weight is 313 g/mol. The molecule has 1 aromatic rings. The molecule has 7 heteroatoms. The highest BCUT2D eigenvalue weighted by Gasteiger charge is 2.34. The third kappa shape index (κ3) is 3.65. The van der Waals surface area contributed by atoms with Crippen LogP contribution in [0.4, 0.5) is 0 Å². The molecule has 2 rings (SSSR count). The van der Waals surface area contributed by atoms with E-state index in [1.165, 1.54) is 12.3 Å². The van der Waals surface area contributed by atoms with Gasteiger partial charge in [0, 0.05) is 25.3 Å². The Labute approximate surface area is 126 Å². The van der Waals surface area contributed by atoms with Crippen molar-refractivity contribution in [2.75, 3.05) is 6.54 Å². The van der Waals surface area contributed by atoms with E-state index in [1.807, 2.05) is 11.8 Å². The molecule has 0 atom stereocenters. The van der Waals surface area contributed by atoms with E-state index in [9.17, 15) is 13.2 Å². The first kappa shape index (κ1) is 16.0. The quantitative estimate of drug-likeness (QED) is 0.829. The van der Waals surface area contributed by atoms with Crippen LogP contribution < -0.4 is 5.14 Å². The van der Waals surface area contributed by atoms with Gasteiger partial charge in [0.2, 0.25) is 10.0 Å². The number of primary sulfonamides is 1. The van der Waals surface area contributed by atoms with E-state index in [4.69, 9.17) is 5.14 Å². The van der Waals surface area contributed by atoms with Crippen LogP contribution in [0.25, 0.3) is 0 Å². The number of carbonyl (C=O) groups is 1. The summed E-state index contributed by atoms with van der Waals surface area (Å²) < 4.78 is 24.6. The lowest BCUT2D eigenvalue weighted by molar-refractivity contribution is 0.0730. The summed E-state index contributed by atoms with van der Waals surface area (Å²) in [5.41, 5.74) is 0.407. The second kappa shape index (κ2) is 6.19. The second-order valence-electron chi connectivity index (χ2n) is 5.48. The zero-order chi connectivity index (χ0) is 15.6. The number of hydrogen-bond acceptors (Lipinski definition) is 3. The SMILES string of the molecule is CCCCN(C(=O)c1cc(S(N)(=O)=O)cn1CC)C1CC1. The summed E-state index contributed by atoms with van der Waals surface area (Å²) in [5.74, 6) is -0.0947. The van der Waals surface area contributed by atoms with Crippen LogP contribution in [-0.4, -0.2) is 36.4 Å². The van der Waals surface area contributed by atoms with Gasteiger partial charge < -0.3 is 9.47 Å². The molecule has 0 bridgehead atoms.